The summed E-state index contributed by atoms with van der Waals surface area (Å²) in [7, 11) is 0. The zero-order valence-electron chi connectivity index (χ0n) is 32.8. The first-order valence-corrected chi connectivity index (χ1v) is 20.3. The van der Waals surface area contributed by atoms with Crippen molar-refractivity contribution in [2.75, 3.05) is 13.1 Å². The van der Waals surface area contributed by atoms with Gasteiger partial charge in [0.25, 0.3) is 6.43 Å². The first-order chi connectivity index (χ1) is 29.2. The van der Waals surface area contributed by atoms with E-state index in [1.165, 1.54) is 34.9 Å². The Kier molecular flexibility index (Phi) is 12.4. The molecule has 3 fully saturated rings. The number of halogens is 2. The van der Waals surface area contributed by atoms with Crippen LogP contribution in [0.4, 0.5) is 13.6 Å². The summed E-state index contributed by atoms with van der Waals surface area (Å²) >= 11 is 0. The van der Waals surface area contributed by atoms with Crippen LogP contribution in [0.15, 0.2) is 89.8 Å². The highest BCUT2D eigenvalue weighted by Crippen LogP contribution is 2.34. The van der Waals surface area contributed by atoms with Crippen LogP contribution in [0.25, 0.3) is 17.1 Å². The number of esters is 1. The number of carbonyl (C=O) groups is 4. The number of pyridine rings is 1. The number of hydrogen-bond donors (Lipinski definition) is 2. The van der Waals surface area contributed by atoms with E-state index in [-0.39, 0.29) is 55.6 Å². The molecule has 2 amide bonds. The first kappa shape index (κ1) is 40.5. The molecule has 3 aliphatic rings. The Balaban J connectivity index is 0.807. The molecular weight excluding hydrogens is 777 g/mol. The fraction of sp³-hybridized carbons (Fsp3) is 0.386. The molecule has 8 rings (SSSR count). The number of hydrogen-bond acceptors (Lipinski definition) is 11. The third-order valence-corrected chi connectivity index (χ3v) is 11.1. The van der Waals surface area contributed by atoms with E-state index in [4.69, 9.17) is 13.9 Å². The van der Waals surface area contributed by atoms with Gasteiger partial charge in [-0.2, -0.15) is 5.10 Å². The number of benzene rings is 2. The van der Waals surface area contributed by atoms with Crippen LogP contribution in [0, 0.1) is 5.92 Å². The van der Waals surface area contributed by atoms with Crippen molar-refractivity contribution < 1.29 is 41.8 Å². The lowest BCUT2D eigenvalue weighted by molar-refractivity contribution is -0.153. The Bertz CT molecular complexity index is 2310. The van der Waals surface area contributed by atoms with E-state index in [0.717, 1.165) is 35.6 Å². The number of amides is 2. The maximum atomic E-state index is 14.1. The topological polar surface area (TPSA) is 171 Å². The minimum atomic E-state index is -2.92. The van der Waals surface area contributed by atoms with Gasteiger partial charge in [-0.1, -0.05) is 55.3 Å². The van der Waals surface area contributed by atoms with Gasteiger partial charge in [-0.15, -0.1) is 0 Å². The van der Waals surface area contributed by atoms with Crippen molar-refractivity contribution in [3.8, 4) is 17.1 Å². The van der Waals surface area contributed by atoms with E-state index < -0.39 is 48.2 Å². The van der Waals surface area contributed by atoms with E-state index in [1.54, 1.807) is 36.5 Å². The number of alkyl halides is 2. The third kappa shape index (κ3) is 9.93. The lowest BCUT2D eigenvalue weighted by Gasteiger charge is -2.24. The SMILES string of the molecule is O=C(Cc1cn(-c2ccc(CNC(=O)[C@@H]3C[C@@H](OC(=O)[C@@H]4CCCN4C(=O)OCc4ccccc4)CN3)cc2)nc1C(F)F)c1coc(-c2ccnc(CCC3CC3)c2)n1. The molecule has 1 aliphatic carbocycles. The number of Topliss-reactive ketones (excluding diaryl/α,β-unsaturated/α-hetero) is 1. The van der Waals surface area contributed by atoms with Gasteiger partial charge in [0.05, 0.1) is 11.7 Å². The Hall–Kier alpha value is -6.29. The van der Waals surface area contributed by atoms with Crippen molar-refractivity contribution in [2.24, 2.45) is 5.92 Å². The smallest absolute Gasteiger partial charge is 0.410 e. The average Bonchev–Trinajstić information content (AvgIpc) is 3.71. The Labute approximate surface area is 344 Å². The maximum Gasteiger partial charge on any atom is 0.410 e. The van der Waals surface area contributed by atoms with Gasteiger partial charge in [-0.05, 0) is 67.0 Å². The van der Waals surface area contributed by atoms with Crippen LogP contribution in [0.2, 0.25) is 0 Å². The monoisotopic (exact) mass is 821 g/mol. The molecular formula is C44H45F2N7O7. The summed E-state index contributed by atoms with van der Waals surface area (Å²) in [4.78, 5) is 62.3. The molecule has 2 saturated heterocycles. The molecule has 2 aromatic carbocycles. The molecule has 14 nitrogen and oxygen atoms in total. The molecule has 0 bridgehead atoms. The fourth-order valence-electron chi connectivity index (χ4n) is 7.53. The third-order valence-electron chi connectivity index (χ3n) is 11.1. The lowest BCUT2D eigenvalue weighted by Crippen LogP contribution is -2.43. The second-order valence-electron chi connectivity index (χ2n) is 15.5. The van der Waals surface area contributed by atoms with E-state index >= 15 is 0 Å². The molecule has 312 valence electrons. The van der Waals surface area contributed by atoms with E-state index in [0.29, 0.717) is 30.6 Å². The number of nitrogens with zero attached hydrogens (tertiary/aromatic N) is 5. The van der Waals surface area contributed by atoms with Gasteiger partial charge in [0.2, 0.25) is 11.8 Å². The lowest BCUT2D eigenvalue weighted by atomic mass is 10.1. The molecule has 1 saturated carbocycles. The Morgan fingerprint density at radius 2 is 1.82 bits per heavy atom. The van der Waals surface area contributed by atoms with Crippen LogP contribution in [0.3, 0.4) is 0 Å². The number of ketones is 1. The minimum absolute atomic E-state index is 0.0272. The first-order valence-electron chi connectivity index (χ1n) is 20.3. The number of nitrogens with one attached hydrogen (secondary N) is 2. The van der Waals surface area contributed by atoms with Crippen LogP contribution in [-0.4, -0.2) is 79.7 Å². The number of oxazole rings is 1. The Morgan fingerprint density at radius 3 is 2.60 bits per heavy atom. The molecule has 0 spiro atoms. The zero-order chi connectivity index (χ0) is 41.6. The van der Waals surface area contributed by atoms with Gasteiger partial charge >= 0.3 is 12.1 Å². The van der Waals surface area contributed by atoms with Crippen LogP contribution >= 0.6 is 0 Å². The van der Waals surface area contributed by atoms with Gasteiger partial charge in [0, 0.05) is 61.7 Å². The molecule has 2 N–H and O–H groups in total. The molecule has 60 heavy (non-hydrogen) atoms. The van der Waals surface area contributed by atoms with Crippen molar-refractivity contribution in [1.82, 2.24) is 35.3 Å². The summed E-state index contributed by atoms with van der Waals surface area (Å²) < 4.78 is 46.3. The van der Waals surface area contributed by atoms with Crippen LogP contribution < -0.4 is 10.6 Å². The number of rotatable bonds is 16. The molecule has 0 unspecified atom stereocenters. The summed E-state index contributed by atoms with van der Waals surface area (Å²) in [5.74, 6) is -0.262. The molecule has 0 radical (unpaired) electrons. The second kappa shape index (κ2) is 18.3. The normalized spacial score (nSPS) is 18.8. The molecule has 16 heteroatoms. The highest BCUT2D eigenvalue weighted by molar-refractivity contribution is 5.96. The molecule has 3 atom stereocenters. The summed E-state index contributed by atoms with van der Waals surface area (Å²) in [5, 5.41) is 10.1. The summed E-state index contributed by atoms with van der Waals surface area (Å²) in [6.45, 7) is 0.966. The van der Waals surface area contributed by atoms with Crippen LogP contribution in [0.1, 0.15) is 83.5 Å². The molecule has 2 aliphatic heterocycles. The quantitative estimate of drug-likeness (QED) is 0.0844. The van der Waals surface area contributed by atoms with Gasteiger partial charge < -0.3 is 24.5 Å². The number of likely N-dealkylation sites (tertiary alicyclic amines) is 1. The zero-order valence-corrected chi connectivity index (χ0v) is 32.8. The minimum Gasteiger partial charge on any atom is -0.459 e. The van der Waals surface area contributed by atoms with E-state index in [2.05, 4.69) is 25.7 Å². The molecule has 5 heterocycles. The van der Waals surface area contributed by atoms with Crippen molar-refractivity contribution in [3.63, 3.8) is 0 Å². The van der Waals surface area contributed by atoms with Gasteiger partial charge in [0.15, 0.2) is 5.78 Å². The fourth-order valence-corrected chi connectivity index (χ4v) is 7.53. The summed E-state index contributed by atoms with van der Waals surface area (Å²) in [5.41, 5.74) is 3.27. The summed E-state index contributed by atoms with van der Waals surface area (Å²) in [6.07, 6.45) is 5.78. The summed E-state index contributed by atoms with van der Waals surface area (Å²) in [6, 6.07) is 18.4. The number of aryl methyl sites for hydroxylation is 1. The highest BCUT2D eigenvalue weighted by Gasteiger charge is 2.39. The number of carbonyl (C=O) groups excluding carboxylic acids is 4. The van der Waals surface area contributed by atoms with Crippen molar-refractivity contribution in [3.05, 3.63) is 119 Å². The van der Waals surface area contributed by atoms with Crippen molar-refractivity contribution >= 4 is 23.8 Å². The van der Waals surface area contributed by atoms with Crippen LogP contribution in [-0.2, 0) is 45.1 Å². The standard InChI is InChI=1S/C44H45F2N7O7/c45-40(46)39-31(20-38(54)36-26-58-42(50-36)30-16-17-47-32(19-30)13-10-27-8-9-27)24-53(51-39)33-14-11-28(12-15-33)22-49-41(55)35-21-34(23-48-35)60-43(56)37-7-4-18-52(37)44(57)59-25-29-5-2-1-3-6-29/h1-3,5-6,11-12,14-17,19,24,26-27,34-35,37,40,48H,4,7-10,13,18,20-23,25H2,(H,49,55)/t34-,35+,37+/m1/s1. The van der Waals surface area contributed by atoms with Gasteiger partial charge in [0.1, 0.15) is 36.4 Å². The predicted octanol–water partition coefficient (Wildman–Crippen LogP) is 6.32. The van der Waals surface area contributed by atoms with Crippen LogP contribution in [0.5, 0.6) is 0 Å². The number of ether oxygens (including phenoxy) is 2. The molecule has 3 aromatic heterocycles. The number of aromatic nitrogens is 4. The van der Waals surface area contributed by atoms with E-state index in [9.17, 15) is 28.0 Å². The van der Waals surface area contributed by atoms with Gasteiger partial charge in [-0.25, -0.2) is 28.0 Å². The second-order valence-corrected chi connectivity index (χ2v) is 15.5. The van der Waals surface area contributed by atoms with Crippen molar-refractivity contribution in [1.29, 1.82) is 0 Å². The highest BCUT2D eigenvalue weighted by atomic mass is 19.3. The largest absolute Gasteiger partial charge is 0.459 e. The van der Waals surface area contributed by atoms with Crippen molar-refractivity contribution in [2.45, 2.75) is 89.1 Å². The molecule has 5 aromatic rings. The maximum absolute atomic E-state index is 14.1. The Morgan fingerprint density at radius 1 is 1.00 bits per heavy atom. The van der Waals surface area contributed by atoms with Gasteiger partial charge in [-0.3, -0.25) is 19.5 Å². The van der Waals surface area contributed by atoms with E-state index in [1.807, 2.05) is 36.4 Å². The average molecular weight is 822 g/mol. The predicted molar refractivity (Wildman–Crippen MR) is 212 cm³/mol.